The third-order valence-corrected chi connectivity index (χ3v) is 4.49. The number of aliphatic imine (C=N–C) groups is 1. The first-order valence-electron chi connectivity index (χ1n) is 9.95. The predicted octanol–water partition coefficient (Wildman–Crippen LogP) is 3.62. The average molecular weight is 520 g/mol. The molecule has 0 aliphatic rings. The van der Waals surface area contributed by atoms with Crippen LogP contribution in [0.1, 0.15) is 24.5 Å². The number of anilines is 1. The molecule has 1 aromatic carbocycles. The normalized spacial score (nSPS) is 11.1. The van der Waals surface area contributed by atoms with E-state index in [-0.39, 0.29) is 29.9 Å². The van der Waals surface area contributed by atoms with Gasteiger partial charge in [0.1, 0.15) is 5.82 Å². The van der Waals surface area contributed by atoms with E-state index in [0.29, 0.717) is 24.7 Å². The topological polar surface area (TPSA) is 94.2 Å². The molecule has 2 heterocycles. The largest absolute Gasteiger partial charge is 0.361 e. The Morgan fingerprint density at radius 1 is 1.17 bits per heavy atom. The Balaban J connectivity index is 0.00000320. The molecule has 0 aliphatic heterocycles. The molecular weight excluding hydrogens is 491 g/mol. The summed E-state index contributed by atoms with van der Waals surface area (Å²) in [6.45, 7) is 5.90. The minimum atomic E-state index is -0.0975. The summed E-state index contributed by atoms with van der Waals surface area (Å²) in [5, 5.41) is 10.6. The first-order valence-corrected chi connectivity index (χ1v) is 9.95. The van der Waals surface area contributed by atoms with Crippen molar-refractivity contribution < 1.29 is 4.79 Å². The third kappa shape index (κ3) is 7.01. The molecule has 0 saturated heterocycles. The zero-order chi connectivity index (χ0) is 20.5. The fourth-order valence-corrected chi connectivity index (χ4v) is 3.01. The highest BCUT2D eigenvalue weighted by Gasteiger charge is 2.05. The Morgan fingerprint density at radius 2 is 2.00 bits per heavy atom. The van der Waals surface area contributed by atoms with Crippen LogP contribution in [0.25, 0.3) is 10.9 Å². The van der Waals surface area contributed by atoms with Gasteiger partial charge in [-0.05, 0) is 43.5 Å². The number of nitrogens with one attached hydrogen (secondary N) is 4. The molecule has 3 rings (SSSR count). The van der Waals surface area contributed by atoms with Gasteiger partial charge in [-0.1, -0.05) is 24.3 Å². The van der Waals surface area contributed by atoms with Crippen molar-refractivity contribution in [3.8, 4) is 0 Å². The van der Waals surface area contributed by atoms with Gasteiger partial charge in [-0.15, -0.1) is 24.0 Å². The van der Waals surface area contributed by atoms with Gasteiger partial charge in [-0.3, -0.25) is 9.79 Å². The number of fused-ring (bicyclic) bond motifs is 1. The van der Waals surface area contributed by atoms with Crippen LogP contribution in [0.5, 0.6) is 0 Å². The van der Waals surface area contributed by atoms with E-state index in [0.717, 1.165) is 30.6 Å². The number of pyridine rings is 1. The number of halogens is 1. The molecule has 0 bridgehead atoms. The summed E-state index contributed by atoms with van der Waals surface area (Å²) < 4.78 is 0. The van der Waals surface area contributed by atoms with Gasteiger partial charge in [0.05, 0.1) is 6.54 Å². The maximum atomic E-state index is 12.1. The molecule has 4 N–H and O–H groups in total. The summed E-state index contributed by atoms with van der Waals surface area (Å²) in [5.74, 6) is 1.18. The number of nitrogens with zero attached hydrogens (tertiary/aromatic N) is 2. The number of aryl methyl sites for hydroxylation is 1. The van der Waals surface area contributed by atoms with Crippen LogP contribution in [0.3, 0.4) is 0 Å². The number of carbonyl (C=O) groups excluding carboxylic acids is 1. The Bertz CT molecular complexity index is 967. The molecule has 0 aliphatic carbocycles. The Hall–Kier alpha value is -2.62. The lowest BCUT2D eigenvalue weighted by Gasteiger charge is -2.11. The van der Waals surface area contributed by atoms with E-state index in [1.165, 1.54) is 10.9 Å². The number of para-hydroxylation sites is 1. The molecule has 0 fully saturated rings. The number of guanidine groups is 1. The number of benzene rings is 1. The molecule has 2 aromatic heterocycles. The van der Waals surface area contributed by atoms with E-state index in [9.17, 15) is 4.79 Å². The fraction of sp³-hybridized carbons (Fsp3) is 0.318. The molecule has 8 heteroatoms. The average Bonchev–Trinajstić information content (AvgIpc) is 3.13. The van der Waals surface area contributed by atoms with Gasteiger partial charge in [0, 0.05) is 42.8 Å². The summed E-state index contributed by atoms with van der Waals surface area (Å²) in [7, 11) is 0. The molecule has 30 heavy (non-hydrogen) atoms. The Kier molecular flexibility index (Phi) is 9.59. The number of rotatable bonds is 8. The van der Waals surface area contributed by atoms with E-state index in [1.807, 2.05) is 26.0 Å². The zero-order valence-corrected chi connectivity index (χ0v) is 19.7. The maximum Gasteiger partial charge on any atom is 0.227 e. The Labute approximate surface area is 194 Å². The molecule has 0 atom stereocenters. The molecule has 0 saturated carbocycles. The highest BCUT2D eigenvalue weighted by molar-refractivity contribution is 14.0. The molecule has 0 unspecified atom stereocenters. The molecule has 160 valence electrons. The smallest absolute Gasteiger partial charge is 0.227 e. The predicted molar refractivity (Wildman–Crippen MR) is 134 cm³/mol. The summed E-state index contributed by atoms with van der Waals surface area (Å²) in [6.07, 6.45) is 4.97. The molecule has 0 radical (unpaired) electrons. The number of hydrogen-bond acceptors (Lipinski definition) is 3. The van der Waals surface area contributed by atoms with Crippen LogP contribution in [0, 0.1) is 6.92 Å². The van der Waals surface area contributed by atoms with Crippen molar-refractivity contribution in [1.29, 1.82) is 0 Å². The van der Waals surface area contributed by atoms with E-state index in [4.69, 9.17) is 0 Å². The number of aromatic amines is 1. The van der Waals surface area contributed by atoms with Crippen LogP contribution < -0.4 is 16.0 Å². The summed E-state index contributed by atoms with van der Waals surface area (Å²) in [4.78, 5) is 24.0. The first-order chi connectivity index (χ1) is 14.2. The van der Waals surface area contributed by atoms with Crippen molar-refractivity contribution in [2.24, 2.45) is 4.99 Å². The van der Waals surface area contributed by atoms with Gasteiger partial charge in [-0.2, -0.15) is 0 Å². The monoisotopic (exact) mass is 520 g/mol. The van der Waals surface area contributed by atoms with Crippen molar-refractivity contribution in [2.45, 2.75) is 26.7 Å². The molecule has 0 spiro atoms. The highest BCUT2D eigenvalue weighted by atomic mass is 127. The van der Waals surface area contributed by atoms with Crippen LogP contribution in [0.15, 0.2) is 53.8 Å². The van der Waals surface area contributed by atoms with E-state index < -0.39 is 0 Å². The van der Waals surface area contributed by atoms with Crippen LogP contribution >= 0.6 is 24.0 Å². The van der Waals surface area contributed by atoms with E-state index in [1.54, 1.807) is 12.3 Å². The summed E-state index contributed by atoms with van der Waals surface area (Å²) in [6, 6.07) is 12.0. The van der Waals surface area contributed by atoms with Crippen LogP contribution in [-0.2, 0) is 11.2 Å². The standard InChI is InChI=1S/C22H28N6O.HI/c1-3-23-22(24-12-10-17-15-26-19-7-5-4-6-18(17)19)25-13-11-21(29)28-20-9-8-16(2)14-27-20;/h4-9,14-15,26H,3,10-13H2,1-2H3,(H2,23,24,25)(H,27,28,29);1H. The second-order valence-electron chi connectivity index (χ2n) is 6.82. The minimum absolute atomic E-state index is 0. The van der Waals surface area contributed by atoms with Gasteiger partial charge >= 0.3 is 0 Å². The van der Waals surface area contributed by atoms with Gasteiger partial charge in [-0.25, -0.2) is 4.98 Å². The van der Waals surface area contributed by atoms with Crippen molar-refractivity contribution in [3.05, 3.63) is 59.9 Å². The molecule has 3 aromatic rings. The number of H-pyrrole nitrogens is 1. The first kappa shape index (κ1) is 23.7. The van der Waals surface area contributed by atoms with E-state index in [2.05, 4.69) is 55.3 Å². The van der Waals surface area contributed by atoms with Crippen LogP contribution in [-0.4, -0.2) is 41.5 Å². The van der Waals surface area contributed by atoms with Crippen LogP contribution in [0.4, 0.5) is 5.82 Å². The number of carbonyl (C=O) groups is 1. The number of aromatic nitrogens is 2. The second kappa shape index (κ2) is 12.2. The maximum absolute atomic E-state index is 12.1. The Morgan fingerprint density at radius 3 is 2.77 bits per heavy atom. The lowest BCUT2D eigenvalue weighted by Crippen LogP contribution is -2.38. The van der Waals surface area contributed by atoms with Crippen molar-refractivity contribution in [2.75, 3.05) is 25.0 Å². The quantitative estimate of drug-likeness (QED) is 0.207. The summed E-state index contributed by atoms with van der Waals surface area (Å²) in [5.41, 5.74) is 3.48. The zero-order valence-electron chi connectivity index (χ0n) is 17.4. The van der Waals surface area contributed by atoms with Crippen molar-refractivity contribution in [1.82, 2.24) is 20.6 Å². The lowest BCUT2D eigenvalue weighted by atomic mass is 10.1. The van der Waals surface area contributed by atoms with Crippen LogP contribution in [0.2, 0.25) is 0 Å². The van der Waals surface area contributed by atoms with Gasteiger partial charge in [0.15, 0.2) is 5.96 Å². The number of amides is 1. The van der Waals surface area contributed by atoms with Crippen molar-refractivity contribution in [3.63, 3.8) is 0 Å². The van der Waals surface area contributed by atoms with Crippen molar-refractivity contribution >= 4 is 52.6 Å². The summed E-state index contributed by atoms with van der Waals surface area (Å²) >= 11 is 0. The SMILES string of the molecule is CCNC(=NCCC(=O)Nc1ccc(C)cn1)NCCc1c[nH]c2ccccc12.I. The molecular formula is C22H29IN6O. The van der Waals surface area contributed by atoms with E-state index >= 15 is 0 Å². The second-order valence-corrected chi connectivity index (χ2v) is 6.82. The third-order valence-electron chi connectivity index (χ3n) is 4.49. The molecule has 1 amide bonds. The van der Waals surface area contributed by atoms with Gasteiger partial charge in [0.25, 0.3) is 0 Å². The fourth-order valence-electron chi connectivity index (χ4n) is 3.01. The lowest BCUT2D eigenvalue weighted by molar-refractivity contribution is -0.116. The highest BCUT2D eigenvalue weighted by Crippen LogP contribution is 2.17. The molecule has 7 nitrogen and oxygen atoms in total. The van der Waals surface area contributed by atoms with Gasteiger partial charge in [0.2, 0.25) is 5.91 Å². The number of hydrogen-bond donors (Lipinski definition) is 4. The minimum Gasteiger partial charge on any atom is -0.361 e. The van der Waals surface area contributed by atoms with Gasteiger partial charge < -0.3 is 20.9 Å².